The number of nitrogens with zero attached hydrogens (tertiary/aromatic N) is 6. The molecule has 6 nitrogen and oxygen atoms in total. The fraction of sp³-hybridized carbons (Fsp3) is 0.609. The van der Waals surface area contributed by atoms with E-state index in [1.807, 2.05) is 11.3 Å². The van der Waals surface area contributed by atoms with Crippen LogP contribution in [0.4, 0.5) is 5.95 Å². The Morgan fingerprint density at radius 2 is 1.77 bits per heavy atom. The molecule has 4 heterocycles. The number of rotatable bonds is 5. The van der Waals surface area contributed by atoms with Crippen molar-refractivity contribution in [2.75, 3.05) is 24.5 Å². The fourth-order valence-electron chi connectivity index (χ4n) is 5.11. The molecule has 2 aromatic heterocycles. The molecule has 0 bridgehead atoms. The lowest BCUT2D eigenvalue weighted by Gasteiger charge is -2.34. The maximum Gasteiger partial charge on any atom is 0.226 e. The number of piperidine rings is 2. The summed E-state index contributed by atoms with van der Waals surface area (Å²) in [6, 6.07) is 9.41. The molecule has 1 atom stereocenters. The number of hydrogen-bond acceptors (Lipinski definition) is 6. The predicted octanol–water partition coefficient (Wildman–Crippen LogP) is 5.53. The van der Waals surface area contributed by atoms with Gasteiger partial charge in [0.1, 0.15) is 5.01 Å². The number of likely N-dealkylation sites (tertiary alicyclic amines) is 1. The van der Waals surface area contributed by atoms with Crippen molar-refractivity contribution in [1.29, 1.82) is 0 Å². The van der Waals surface area contributed by atoms with E-state index in [9.17, 15) is 0 Å². The van der Waals surface area contributed by atoms with Crippen LogP contribution in [0, 0.1) is 4.77 Å². The van der Waals surface area contributed by atoms with Gasteiger partial charge in [0.25, 0.3) is 0 Å². The monoisotopic (exact) mass is 454 g/mol. The summed E-state index contributed by atoms with van der Waals surface area (Å²) in [5.74, 6) is 1.11. The summed E-state index contributed by atoms with van der Waals surface area (Å²) in [5, 5.41) is 6.34. The Balaban J connectivity index is 1.31. The first-order chi connectivity index (χ1) is 15.3. The molecular formula is C23H30N6S2. The normalized spacial score (nSPS) is 23.0. The fourth-order valence-corrected chi connectivity index (χ4v) is 6.57. The highest BCUT2D eigenvalue weighted by Gasteiger charge is 2.33. The molecule has 3 fully saturated rings. The largest absolute Gasteiger partial charge is 0.341 e. The quantitative estimate of drug-likeness (QED) is 0.474. The lowest BCUT2D eigenvalue weighted by Crippen LogP contribution is -2.35. The molecule has 8 heteroatoms. The van der Waals surface area contributed by atoms with Gasteiger partial charge in [0.15, 0.2) is 0 Å². The third-order valence-corrected chi connectivity index (χ3v) is 8.47. The second-order valence-corrected chi connectivity index (χ2v) is 10.6. The van der Waals surface area contributed by atoms with Crippen LogP contribution in [0.25, 0.3) is 10.2 Å². The Kier molecular flexibility index (Phi) is 5.32. The van der Waals surface area contributed by atoms with Gasteiger partial charge in [-0.3, -0.25) is 9.47 Å². The number of aromatic nitrogens is 4. The van der Waals surface area contributed by atoms with Gasteiger partial charge >= 0.3 is 0 Å². The molecule has 0 spiro atoms. The molecule has 164 valence electrons. The standard InChI is InChI=1S/C23H30N6S2/c30-23-28(25-22(29(23)17-11-12-17)26-13-5-1-6-14-26)16-27-15-7-4-9-19(27)21-24-18-8-2-3-10-20(18)31-21/h2-3,8,10,17,19H,1,4-7,9,11-16H2. The highest BCUT2D eigenvalue weighted by atomic mass is 32.1. The first kappa shape index (κ1) is 19.9. The van der Waals surface area contributed by atoms with Gasteiger partial charge in [-0.2, -0.15) is 0 Å². The second kappa shape index (κ2) is 8.30. The van der Waals surface area contributed by atoms with Gasteiger partial charge in [-0.15, -0.1) is 16.4 Å². The molecule has 31 heavy (non-hydrogen) atoms. The van der Waals surface area contributed by atoms with Crippen molar-refractivity contribution >= 4 is 39.7 Å². The summed E-state index contributed by atoms with van der Waals surface area (Å²) < 4.78 is 6.64. The van der Waals surface area contributed by atoms with E-state index in [2.05, 4.69) is 43.3 Å². The minimum absolute atomic E-state index is 0.359. The molecule has 3 aliphatic rings. The highest BCUT2D eigenvalue weighted by Crippen LogP contribution is 2.40. The number of hydrogen-bond donors (Lipinski definition) is 0. The van der Waals surface area contributed by atoms with E-state index < -0.39 is 0 Å². The van der Waals surface area contributed by atoms with E-state index in [4.69, 9.17) is 22.3 Å². The van der Waals surface area contributed by atoms with E-state index >= 15 is 0 Å². The van der Waals surface area contributed by atoms with E-state index in [0.29, 0.717) is 12.1 Å². The van der Waals surface area contributed by atoms with Crippen LogP contribution in [0.15, 0.2) is 24.3 Å². The molecule has 6 rings (SSSR count). The van der Waals surface area contributed by atoms with Crippen molar-refractivity contribution in [1.82, 2.24) is 24.2 Å². The van der Waals surface area contributed by atoms with Crippen molar-refractivity contribution in [3.63, 3.8) is 0 Å². The summed E-state index contributed by atoms with van der Waals surface area (Å²) in [7, 11) is 0. The number of benzene rings is 1. The second-order valence-electron chi connectivity index (χ2n) is 9.22. The van der Waals surface area contributed by atoms with Gasteiger partial charge in [-0.25, -0.2) is 9.67 Å². The smallest absolute Gasteiger partial charge is 0.226 e. The molecule has 1 aliphatic carbocycles. The molecule has 2 aliphatic heterocycles. The van der Waals surface area contributed by atoms with Crippen LogP contribution in [0.5, 0.6) is 0 Å². The van der Waals surface area contributed by atoms with Crippen molar-refractivity contribution in [3.8, 4) is 0 Å². The molecule has 3 aromatic rings. The van der Waals surface area contributed by atoms with Crippen LogP contribution in [0.1, 0.15) is 68.5 Å². The van der Waals surface area contributed by atoms with Crippen LogP contribution in [0.3, 0.4) is 0 Å². The molecule has 0 radical (unpaired) electrons. The lowest BCUT2D eigenvalue weighted by molar-refractivity contribution is 0.103. The molecule has 1 unspecified atom stereocenters. The van der Waals surface area contributed by atoms with E-state index in [-0.39, 0.29) is 0 Å². The van der Waals surface area contributed by atoms with Gasteiger partial charge in [-0.05, 0) is 69.3 Å². The molecule has 1 saturated carbocycles. The average Bonchev–Trinajstić information content (AvgIpc) is 3.47. The zero-order valence-electron chi connectivity index (χ0n) is 17.9. The van der Waals surface area contributed by atoms with E-state index in [1.54, 1.807) is 0 Å². The molecule has 0 N–H and O–H groups in total. The first-order valence-corrected chi connectivity index (χ1v) is 13.0. The number of fused-ring (bicyclic) bond motifs is 1. The molecule has 0 amide bonds. The number of para-hydroxylation sites is 1. The minimum Gasteiger partial charge on any atom is -0.341 e. The Morgan fingerprint density at radius 3 is 2.58 bits per heavy atom. The van der Waals surface area contributed by atoms with E-state index in [0.717, 1.165) is 49.0 Å². The summed E-state index contributed by atoms with van der Waals surface area (Å²) in [6.07, 6.45) is 9.98. The molecular weight excluding hydrogens is 424 g/mol. The Morgan fingerprint density at radius 1 is 0.968 bits per heavy atom. The number of thiazole rings is 1. The topological polar surface area (TPSA) is 42.1 Å². The van der Waals surface area contributed by atoms with Gasteiger partial charge < -0.3 is 4.90 Å². The Hall–Kier alpha value is -1.77. The van der Waals surface area contributed by atoms with Crippen LogP contribution in [-0.2, 0) is 6.67 Å². The van der Waals surface area contributed by atoms with Crippen LogP contribution in [-0.4, -0.2) is 43.9 Å². The van der Waals surface area contributed by atoms with E-state index in [1.165, 1.54) is 54.7 Å². The predicted molar refractivity (Wildman–Crippen MR) is 128 cm³/mol. The summed E-state index contributed by atoms with van der Waals surface area (Å²) >= 11 is 7.82. The zero-order chi connectivity index (χ0) is 20.8. The van der Waals surface area contributed by atoms with Gasteiger partial charge in [0, 0.05) is 25.7 Å². The Bertz CT molecular complexity index is 1090. The average molecular weight is 455 g/mol. The highest BCUT2D eigenvalue weighted by molar-refractivity contribution is 7.71. The lowest BCUT2D eigenvalue weighted by atomic mass is 10.0. The third kappa shape index (κ3) is 3.83. The SMILES string of the molecule is S=c1n(CN2CCCCC2c2nc3ccccc3s2)nc(N2CCCCC2)n1C1CC1. The van der Waals surface area contributed by atoms with Crippen molar-refractivity contribution < 1.29 is 0 Å². The zero-order valence-corrected chi connectivity index (χ0v) is 19.6. The van der Waals surface area contributed by atoms with Crippen LogP contribution < -0.4 is 4.90 Å². The molecule has 1 aromatic carbocycles. The number of anilines is 1. The van der Waals surface area contributed by atoms with Crippen LogP contribution >= 0.6 is 23.6 Å². The maximum atomic E-state index is 5.97. The summed E-state index contributed by atoms with van der Waals surface area (Å²) in [6.45, 7) is 4.06. The third-order valence-electron chi connectivity index (χ3n) is 6.93. The first-order valence-electron chi connectivity index (χ1n) is 11.8. The van der Waals surface area contributed by atoms with Crippen molar-refractivity contribution in [2.24, 2.45) is 0 Å². The summed E-state index contributed by atoms with van der Waals surface area (Å²) in [5.41, 5.74) is 1.12. The maximum absolute atomic E-state index is 5.97. The van der Waals surface area contributed by atoms with Crippen LogP contribution in [0.2, 0.25) is 0 Å². The van der Waals surface area contributed by atoms with Gasteiger partial charge in [-0.1, -0.05) is 18.6 Å². The van der Waals surface area contributed by atoms with Gasteiger partial charge in [0.2, 0.25) is 10.7 Å². The van der Waals surface area contributed by atoms with Crippen molar-refractivity contribution in [3.05, 3.63) is 34.0 Å². The Labute approximate surface area is 192 Å². The van der Waals surface area contributed by atoms with Gasteiger partial charge in [0.05, 0.1) is 22.9 Å². The minimum atomic E-state index is 0.359. The summed E-state index contributed by atoms with van der Waals surface area (Å²) in [4.78, 5) is 10.0. The molecule has 2 saturated heterocycles. The van der Waals surface area contributed by atoms with Crippen molar-refractivity contribution in [2.45, 2.75) is 70.1 Å².